The van der Waals surface area contributed by atoms with Crippen molar-refractivity contribution in [1.82, 2.24) is 34.2 Å². The number of hydrogen-bond acceptors (Lipinski definition) is 5. The van der Waals surface area contributed by atoms with Crippen molar-refractivity contribution in [3.8, 4) is 22.4 Å². The van der Waals surface area contributed by atoms with Crippen molar-refractivity contribution in [1.29, 1.82) is 0 Å². The summed E-state index contributed by atoms with van der Waals surface area (Å²) in [6, 6.07) is 8.27. The van der Waals surface area contributed by atoms with Crippen LogP contribution in [0.25, 0.3) is 28.0 Å². The lowest BCUT2D eigenvalue weighted by Gasteiger charge is -2.27. The molecule has 4 heterocycles. The molecule has 0 fully saturated rings. The number of nitrogens with zero attached hydrogens (tertiary/aromatic N) is 7. The van der Waals surface area contributed by atoms with Crippen molar-refractivity contribution in [2.24, 2.45) is 0 Å². The van der Waals surface area contributed by atoms with E-state index in [4.69, 9.17) is 10.1 Å². The molecule has 32 heavy (non-hydrogen) atoms. The monoisotopic (exact) mass is 433 g/mol. The van der Waals surface area contributed by atoms with E-state index in [1.807, 2.05) is 35.9 Å². The van der Waals surface area contributed by atoms with E-state index < -0.39 is 0 Å². The molecule has 0 saturated heterocycles. The van der Waals surface area contributed by atoms with Gasteiger partial charge in [-0.15, -0.1) is 0 Å². The third-order valence-electron chi connectivity index (χ3n) is 5.70. The van der Waals surface area contributed by atoms with Crippen LogP contribution >= 0.6 is 0 Å². The summed E-state index contributed by atoms with van der Waals surface area (Å²) in [5.41, 5.74) is 5.92. The van der Waals surface area contributed by atoms with E-state index >= 15 is 0 Å². The molecule has 0 saturated carbocycles. The van der Waals surface area contributed by atoms with Gasteiger partial charge in [0.05, 0.1) is 30.7 Å². The van der Waals surface area contributed by atoms with Crippen LogP contribution in [0.3, 0.4) is 0 Å². The molecular weight excluding hydrogens is 409 g/mol. The third kappa shape index (κ3) is 3.54. The highest BCUT2D eigenvalue weighted by Crippen LogP contribution is 2.38. The summed E-state index contributed by atoms with van der Waals surface area (Å²) in [6.45, 7) is 3.94. The van der Waals surface area contributed by atoms with Crippen molar-refractivity contribution in [3.05, 3.63) is 59.9 Å². The summed E-state index contributed by atoms with van der Waals surface area (Å²) in [7, 11) is 3.99. The highest BCUT2D eigenvalue weighted by Gasteiger charge is 2.28. The zero-order chi connectivity index (χ0) is 22.4. The average Bonchev–Trinajstić information content (AvgIpc) is 3.33. The molecule has 1 aliphatic rings. The van der Waals surface area contributed by atoms with Crippen molar-refractivity contribution in [3.63, 3.8) is 0 Å². The number of carbonyl (C=O) groups is 1. The Morgan fingerprint density at radius 2 is 1.94 bits per heavy atom. The minimum Gasteiger partial charge on any atom is -0.335 e. The normalized spacial score (nSPS) is 13.7. The fourth-order valence-electron chi connectivity index (χ4n) is 4.22. The smallest absolute Gasteiger partial charge is 0.219 e. The van der Waals surface area contributed by atoms with Gasteiger partial charge in [0.25, 0.3) is 0 Å². The molecule has 4 aromatic rings. The minimum absolute atomic E-state index is 0.0284. The Hall–Kier alpha value is -3.59. The van der Waals surface area contributed by atoms with Crippen LogP contribution in [-0.2, 0) is 24.4 Å². The third-order valence-corrected chi connectivity index (χ3v) is 5.70. The van der Waals surface area contributed by atoms with E-state index in [9.17, 15) is 9.18 Å². The Kier molecular flexibility index (Phi) is 4.97. The van der Waals surface area contributed by atoms with Gasteiger partial charge in [-0.05, 0) is 44.4 Å². The minimum atomic E-state index is -0.296. The quantitative estimate of drug-likeness (QED) is 0.495. The summed E-state index contributed by atoms with van der Waals surface area (Å²) in [5.74, 6) is -0.268. The standard InChI is InChI=1S/C23H24FN7O/c1-15(32)29-10-11-30-20(14-29)21(22(27-30)16-4-6-17(24)7-5-16)19-8-9-25-31-13-18(12-28(2)3)26-23(19)31/h4-9,13H,10-12,14H2,1-3H3. The number of imidazole rings is 1. The molecule has 0 aliphatic carbocycles. The predicted octanol–water partition coefficient (Wildman–Crippen LogP) is 2.82. The number of benzene rings is 1. The lowest BCUT2D eigenvalue weighted by molar-refractivity contribution is -0.130. The van der Waals surface area contributed by atoms with Gasteiger partial charge in [-0.25, -0.2) is 13.9 Å². The lowest BCUT2D eigenvalue weighted by atomic mass is 9.99. The Labute approximate surface area is 184 Å². The molecule has 1 amide bonds. The van der Waals surface area contributed by atoms with Crippen molar-refractivity contribution >= 4 is 11.6 Å². The number of aromatic nitrogens is 5. The molecule has 0 N–H and O–H groups in total. The van der Waals surface area contributed by atoms with Gasteiger partial charge >= 0.3 is 0 Å². The van der Waals surface area contributed by atoms with Crippen LogP contribution in [0.2, 0.25) is 0 Å². The summed E-state index contributed by atoms with van der Waals surface area (Å²) in [4.78, 5) is 20.8. The van der Waals surface area contributed by atoms with E-state index in [1.54, 1.807) is 29.8 Å². The maximum atomic E-state index is 13.6. The van der Waals surface area contributed by atoms with Gasteiger partial charge in [-0.2, -0.15) is 10.2 Å². The van der Waals surface area contributed by atoms with Crippen LogP contribution < -0.4 is 0 Å². The van der Waals surface area contributed by atoms with E-state index in [2.05, 4.69) is 10.00 Å². The molecule has 0 radical (unpaired) electrons. The predicted molar refractivity (Wildman–Crippen MR) is 118 cm³/mol. The molecule has 5 rings (SSSR count). The molecule has 0 bridgehead atoms. The van der Waals surface area contributed by atoms with E-state index in [-0.39, 0.29) is 11.7 Å². The van der Waals surface area contributed by atoms with E-state index in [0.717, 1.165) is 39.4 Å². The average molecular weight is 433 g/mol. The van der Waals surface area contributed by atoms with Crippen molar-refractivity contribution < 1.29 is 9.18 Å². The Balaban J connectivity index is 1.74. The SMILES string of the molecule is CC(=O)N1CCn2nc(-c3ccc(F)cc3)c(-c3ccnn4cc(CN(C)C)nc34)c2C1. The van der Waals surface area contributed by atoms with Crippen LogP contribution in [0.1, 0.15) is 18.3 Å². The van der Waals surface area contributed by atoms with Gasteiger partial charge in [0.15, 0.2) is 5.65 Å². The number of hydrogen-bond donors (Lipinski definition) is 0. The second-order valence-electron chi connectivity index (χ2n) is 8.32. The Morgan fingerprint density at radius 1 is 1.16 bits per heavy atom. The molecule has 0 spiro atoms. The number of rotatable bonds is 4. The molecule has 0 unspecified atom stereocenters. The van der Waals surface area contributed by atoms with Gasteiger partial charge < -0.3 is 9.80 Å². The highest BCUT2D eigenvalue weighted by atomic mass is 19.1. The number of halogens is 1. The van der Waals surface area contributed by atoms with Gasteiger partial charge in [-0.1, -0.05) is 0 Å². The van der Waals surface area contributed by atoms with Crippen LogP contribution in [0.4, 0.5) is 4.39 Å². The molecule has 1 aliphatic heterocycles. The van der Waals surface area contributed by atoms with Crippen LogP contribution in [0.5, 0.6) is 0 Å². The summed E-state index contributed by atoms with van der Waals surface area (Å²) >= 11 is 0. The highest BCUT2D eigenvalue weighted by molar-refractivity contribution is 5.89. The van der Waals surface area contributed by atoms with Crippen LogP contribution in [0.15, 0.2) is 42.7 Å². The first-order chi connectivity index (χ1) is 15.4. The molecule has 1 aromatic carbocycles. The first-order valence-corrected chi connectivity index (χ1v) is 10.5. The fourth-order valence-corrected chi connectivity index (χ4v) is 4.22. The largest absolute Gasteiger partial charge is 0.335 e. The second kappa shape index (κ2) is 7.83. The van der Waals surface area contributed by atoms with Gasteiger partial charge in [0.2, 0.25) is 5.91 Å². The first-order valence-electron chi connectivity index (χ1n) is 10.5. The fraction of sp³-hybridized carbons (Fsp3) is 0.304. The molecule has 8 nitrogen and oxygen atoms in total. The van der Waals surface area contributed by atoms with Crippen molar-refractivity contribution in [2.75, 3.05) is 20.6 Å². The Morgan fingerprint density at radius 3 is 2.66 bits per heavy atom. The maximum Gasteiger partial charge on any atom is 0.219 e. The maximum absolute atomic E-state index is 13.6. The van der Waals surface area contributed by atoms with Gasteiger partial charge in [-0.3, -0.25) is 9.48 Å². The second-order valence-corrected chi connectivity index (χ2v) is 8.32. The topological polar surface area (TPSA) is 71.6 Å². The molecule has 3 aromatic heterocycles. The Bertz CT molecular complexity index is 1310. The molecule has 0 atom stereocenters. The number of carbonyl (C=O) groups excluding carboxylic acids is 1. The van der Waals surface area contributed by atoms with E-state index in [0.29, 0.717) is 26.2 Å². The lowest BCUT2D eigenvalue weighted by Crippen LogP contribution is -2.37. The first kappa shape index (κ1) is 20.3. The van der Waals surface area contributed by atoms with Crippen LogP contribution in [0, 0.1) is 5.82 Å². The molecular formula is C23H24FN7O. The van der Waals surface area contributed by atoms with Crippen molar-refractivity contribution in [2.45, 2.75) is 26.6 Å². The summed E-state index contributed by atoms with van der Waals surface area (Å²) in [5, 5.41) is 9.32. The zero-order valence-corrected chi connectivity index (χ0v) is 18.3. The summed E-state index contributed by atoms with van der Waals surface area (Å²) < 4.78 is 17.3. The van der Waals surface area contributed by atoms with Gasteiger partial charge in [0.1, 0.15) is 11.5 Å². The zero-order valence-electron chi connectivity index (χ0n) is 18.3. The molecule has 9 heteroatoms. The summed E-state index contributed by atoms with van der Waals surface area (Å²) in [6.07, 6.45) is 3.67. The molecule has 164 valence electrons. The number of fused-ring (bicyclic) bond motifs is 2. The van der Waals surface area contributed by atoms with Crippen LogP contribution in [-0.4, -0.2) is 60.7 Å². The van der Waals surface area contributed by atoms with Gasteiger partial charge in [0, 0.05) is 42.9 Å². The van der Waals surface area contributed by atoms with E-state index in [1.165, 1.54) is 12.1 Å². The number of amides is 1.